The minimum Gasteiger partial charge on any atom is -0.496 e. The fourth-order valence-electron chi connectivity index (χ4n) is 4.10. The summed E-state index contributed by atoms with van der Waals surface area (Å²) in [5.41, 5.74) is 2.03. The highest BCUT2D eigenvalue weighted by atomic mass is 32.2. The van der Waals surface area contributed by atoms with E-state index < -0.39 is 15.9 Å². The van der Waals surface area contributed by atoms with Crippen molar-refractivity contribution in [1.82, 2.24) is 14.9 Å². The van der Waals surface area contributed by atoms with E-state index in [4.69, 9.17) is 4.74 Å². The molecule has 0 bridgehead atoms. The summed E-state index contributed by atoms with van der Waals surface area (Å²) in [5.74, 6) is 0.315. The van der Waals surface area contributed by atoms with Gasteiger partial charge in [0.05, 0.1) is 23.6 Å². The van der Waals surface area contributed by atoms with Gasteiger partial charge in [0, 0.05) is 31.3 Å². The average molecular weight is 510 g/mol. The number of hydrogen-bond donors (Lipinski definition) is 2. The van der Waals surface area contributed by atoms with Crippen LogP contribution in [0.1, 0.15) is 19.8 Å². The van der Waals surface area contributed by atoms with Crippen LogP contribution in [0, 0.1) is 5.92 Å². The van der Waals surface area contributed by atoms with E-state index in [9.17, 15) is 18.0 Å². The molecule has 0 saturated carbocycles. The van der Waals surface area contributed by atoms with E-state index in [1.807, 2.05) is 46.0 Å². The zero-order valence-electron chi connectivity index (χ0n) is 20.0. The van der Waals surface area contributed by atoms with Crippen molar-refractivity contribution >= 4 is 33.3 Å². The zero-order valence-corrected chi connectivity index (χ0v) is 20.8. The van der Waals surface area contributed by atoms with E-state index in [0.29, 0.717) is 23.7 Å². The van der Waals surface area contributed by atoms with Crippen molar-refractivity contribution in [1.29, 1.82) is 0 Å². The molecule has 1 unspecified atom stereocenters. The van der Waals surface area contributed by atoms with Gasteiger partial charge in [-0.1, -0.05) is 12.1 Å². The minimum atomic E-state index is -3.93. The molecule has 4 rings (SSSR count). The Bertz CT molecular complexity index is 1340. The molecule has 1 aliphatic rings. The SMILES string of the molecule is COc1ccccc1-c1ccc(N2CCCC(C(=O)Nc3ccc(S(=O)(=O)NC(C)=O)cc3)C2)nn1. The first-order valence-corrected chi connectivity index (χ1v) is 12.9. The summed E-state index contributed by atoms with van der Waals surface area (Å²) in [6.07, 6.45) is 1.55. The van der Waals surface area contributed by atoms with Crippen LogP contribution >= 0.6 is 0 Å². The molecule has 2 aromatic carbocycles. The lowest BCUT2D eigenvalue weighted by molar-refractivity contribution is -0.120. The molecule has 188 valence electrons. The van der Waals surface area contributed by atoms with Crippen LogP contribution in [0.3, 0.4) is 0 Å². The third kappa shape index (κ3) is 5.80. The summed E-state index contributed by atoms with van der Waals surface area (Å²) in [7, 11) is -2.31. The second-order valence-corrected chi connectivity index (χ2v) is 10.1. The predicted molar refractivity (Wildman–Crippen MR) is 135 cm³/mol. The van der Waals surface area contributed by atoms with Crippen molar-refractivity contribution < 1.29 is 22.7 Å². The van der Waals surface area contributed by atoms with Crippen LogP contribution in [-0.4, -0.2) is 50.6 Å². The lowest BCUT2D eigenvalue weighted by Crippen LogP contribution is -2.41. The van der Waals surface area contributed by atoms with Crippen LogP contribution < -0.4 is 19.7 Å². The number of carbonyl (C=O) groups is 2. The molecule has 3 aromatic rings. The van der Waals surface area contributed by atoms with Gasteiger partial charge in [-0.2, -0.15) is 0 Å². The Morgan fingerprint density at radius 3 is 2.44 bits per heavy atom. The van der Waals surface area contributed by atoms with Crippen molar-refractivity contribution in [2.45, 2.75) is 24.7 Å². The fourth-order valence-corrected chi connectivity index (χ4v) is 5.09. The third-order valence-electron chi connectivity index (χ3n) is 5.86. The summed E-state index contributed by atoms with van der Waals surface area (Å²) in [5, 5.41) is 11.6. The van der Waals surface area contributed by atoms with Gasteiger partial charge in [0.25, 0.3) is 10.0 Å². The topological polar surface area (TPSA) is 131 Å². The first-order valence-electron chi connectivity index (χ1n) is 11.4. The van der Waals surface area contributed by atoms with Crippen molar-refractivity contribution in [2.75, 3.05) is 30.4 Å². The highest BCUT2D eigenvalue weighted by molar-refractivity contribution is 7.90. The number of sulfonamides is 1. The van der Waals surface area contributed by atoms with Crippen LogP contribution in [0.25, 0.3) is 11.3 Å². The van der Waals surface area contributed by atoms with Gasteiger partial charge in [0.2, 0.25) is 11.8 Å². The van der Waals surface area contributed by atoms with Crippen LogP contribution in [0.2, 0.25) is 0 Å². The molecule has 1 aliphatic heterocycles. The fraction of sp³-hybridized carbons (Fsp3) is 0.280. The van der Waals surface area contributed by atoms with Crippen LogP contribution in [0.15, 0.2) is 65.6 Å². The first-order chi connectivity index (χ1) is 17.3. The van der Waals surface area contributed by atoms with Gasteiger partial charge in [-0.15, -0.1) is 10.2 Å². The molecule has 10 nitrogen and oxygen atoms in total. The number of hydrogen-bond acceptors (Lipinski definition) is 8. The monoisotopic (exact) mass is 509 g/mol. The number of benzene rings is 2. The average Bonchev–Trinajstić information content (AvgIpc) is 2.88. The van der Waals surface area contributed by atoms with Gasteiger partial charge < -0.3 is 15.0 Å². The molecule has 2 heterocycles. The second kappa shape index (κ2) is 10.7. The molecule has 1 atom stereocenters. The van der Waals surface area contributed by atoms with Crippen molar-refractivity contribution in [3.05, 3.63) is 60.7 Å². The van der Waals surface area contributed by atoms with Gasteiger partial charge >= 0.3 is 0 Å². The standard InChI is InChI=1S/C25H27N5O5S/c1-17(31)29-36(33,34)20-11-9-19(10-12-20)26-25(32)18-6-5-15-30(16-18)24-14-13-22(27-28-24)21-7-3-4-8-23(21)35-2/h3-4,7-14,18H,5-6,15-16H2,1-2H3,(H,26,32)(H,29,31). The Morgan fingerprint density at radius 1 is 1.03 bits per heavy atom. The summed E-state index contributed by atoms with van der Waals surface area (Å²) >= 11 is 0. The molecule has 0 radical (unpaired) electrons. The molecule has 36 heavy (non-hydrogen) atoms. The van der Waals surface area contributed by atoms with Gasteiger partial charge in [-0.25, -0.2) is 13.1 Å². The van der Waals surface area contributed by atoms with Crippen molar-refractivity contribution in [3.63, 3.8) is 0 Å². The van der Waals surface area contributed by atoms with Gasteiger partial charge in [-0.05, 0) is 61.4 Å². The van der Waals surface area contributed by atoms with Crippen LogP contribution in [0.5, 0.6) is 5.75 Å². The number of para-hydroxylation sites is 1. The van der Waals surface area contributed by atoms with E-state index in [1.165, 1.54) is 24.3 Å². The number of carbonyl (C=O) groups excluding carboxylic acids is 2. The highest BCUT2D eigenvalue weighted by Crippen LogP contribution is 2.29. The largest absolute Gasteiger partial charge is 0.496 e. The number of nitrogens with one attached hydrogen (secondary N) is 2. The zero-order chi connectivity index (χ0) is 25.7. The molecule has 0 aliphatic carbocycles. The number of amides is 2. The van der Waals surface area contributed by atoms with Gasteiger partial charge in [0.15, 0.2) is 5.82 Å². The summed E-state index contributed by atoms with van der Waals surface area (Å²) in [6, 6.07) is 17.1. The molecule has 1 saturated heterocycles. The molecule has 0 spiro atoms. The number of ether oxygens (including phenoxy) is 1. The van der Waals surface area contributed by atoms with E-state index in [2.05, 4.69) is 15.5 Å². The predicted octanol–water partition coefficient (Wildman–Crippen LogP) is 2.83. The summed E-state index contributed by atoms with van der Waals surface area (Å²) in [4.78, 5) is 26.0. The summed E-state index contributed by atoms with van der Waals surface area (Å²) in [6.45, 7) is 2.38. The number of aromatic nitrogens is 2. The highest BCUT2D eigenvalue weighted by Gasteiger charge is 2.27. The lowest BCUT2D eigenvalue weighted by atomic mass is 9.97. The maximum Gasteiger partial charge on any atom is 0.264 e. The lowest BCUT2D eigenvalue weighted by Gasteiger charge is -2.32. The number of nitrogens with zero attached hydrogens (tertiary/aromatic N) is 3. The smallest absolute Gasteiger partial charge is 0.264 e. The Balaban J connectivity index is 1.40. The molecule has 2 N–H and O–H groups in total. The van der Waals surface area contributed by atoms with Crippen LogP contribution in [-0.2, 0) is 19.6 Å². The van der Waals surface area contributed by atoms with Crippen LogP contribution in [0.4, 0.5) is 11.5 Å². The number of methoxy groups -OCH3 is 1. The molecular weight excluding hydrogens is 482 g/mol. The Morgan fingerprint density at radius 2 is 1.78 bits per heavy atom. The Hall–Kier alpha value is -3.99. The molecule has 1 fully saturated rings. The number of piperidine rings is 1. The third-order valence-corrected chi connectivity index (χ3v) is 7.31. The number of rotatable bonds is 7. The molecule has 2 amide bonds. The normalized spacial score (nSPS) is 15.7. The first kappa shape index (κ1) is 25.1. The molecule has 1 aromatic heterocycles. The second-order valence-electron chi connectivity index (χ2n) is 8.44. The maximum atomic E-state index is 12.9. The van der Waals surface area contributed by atoms with Gasteiger partial charge in [-0.3, -0.25) is 9.59 Å². The quantitative estimate of drug-likeness (QED) is 0.497. The maximum absolute atomic E-state index is 12.9. The van der Waals surface area contributed by atoms with E-state index in [0.717, 1.165) is 37.6 Å². The Kier molecular flexibility index (Phi) is 7.49. The van der Waals surface area contributed by atoms with Crippen molar-refractivity contribution in [3.8, 4) is 17.0 Å². The van der Waals surface area contributed by atoms with Gasteiger partial charge in [0.1, 0.15) is 5.75 Å². The Labute approximate surface area is 209 Å². The minimum absolute atomic E-state index is 0.0605. The van der Waals surface area contributed by atoms with Crippen molar-refractivity contribution in [2.24, 2.45) is 5.92 Å². The summed E-state index contributed by atoms with van der Waals surface area (Å²) < 4.78 is 31.5. The van der Waals surface area contributed by atoms with E-state index >= 15 is 0 Å². The van der Waals surface area contributed by atoms with E-state index in [1.54, 1.807) is 7.11 Å². The van der Waals surface area contributed by atoms with E-state index in [-0.39, 0.29) is 16.7 Å². The number of anilines is 2. The molecular formula is C25H27N5O5S. The molecule has 11 heteroatoms.